The van der Waals surface area contributed by atoms with Crippen LogP contribution in [0.3, 0.4) is 0 Å². The number of anilines is 1. The molecule has 1 aromatic carbocycles. The lowest BCUT2D eigenvalue weighted by Crippen LogP contribution is -2.45. The largest absolute Gasteiger partial charge is 0.378 e. The fourth-order valence-electron chi connectivity index (χ4n) is 2.68. The summed E-state index contributed by atoms with van der Waals surface area (Å²) in [7, 11) is 0. The van der Waals surface area contributed by atoms with Crippen LogP contribution in [0.25, 0.3) is 0 Å². The SMILES string of the molecule is CCC(C)(C)NC(=O)CNc1cccc(C(=O)N2CCOCC2)c1C. The smallest absolute Gasteiger partial charge is 0.254 e. The predicted octanol–water partition coefficient (Wildman–Crippen LogP) is 2.18. The van der Waals surface area contributed by atoms with Gasteiger partial charge in [-0.05, 0) is 44.9 Å². The van der Waals surface area contributed by atoms with Gasteiger partial charge in [0.05, 0.1) is 19.8 Å². The van der Waals surface area contributed by atoms with Gasteiger partial charge in [-0.1, -0.05) is 13.0 Å². The van der Waals surface area contributed by atoms with Crippen molar-refractivity contribution in [2.24, 2.45) is 0 Å². The highest BCUT2D eigenvalue weighted by atomic mass is 16.5. The second-order valence-corrected chi connectivity index (χ2v) is 7.02. The highest BCUT2D eigenvalue weighted by Crippen LogP contribution is 2.21. The van der Waals surface area contributed by atoms with Gasteiger partial charge in [0.2, 0.25) is 5.91 Å². The second kappa shape index (κ2) is 8.34. The number of nitrogens with one attached hydrogen (secondary N) is 2. The van der Waals surface area contributed by atoms with Crippen LogP contribution >= 0.6 is 0 Å². The molecule has 1 aliphatic heterocycles. The molecule has 0 unspecified atom stereocenters. The van der Waals surface area contributed by atoms with E-state index in [1.165, 1.54) is 0 Å². The van der Waals surface area contributed by atoms with Gasteiger partial charge in [-0.2, -0.15) is 0 Å². The molecule has 0 spiro atoms. The van der Waals surface area contributed by atoms with E-state index in [1.54, 1.807) is 0 Å². The Morgan fingerprint density at radius 1 is 1.24 bits per heavy atom. The molecule has 2 rings (SSSR count). The van der Waals surface area contributed by atoms with E-state index in [1.807, 2.05) is 50.8 Å². The molecule has 0 aromatic heterocycles. The van der Waals surface area contributed by atoms with Crippen molar-refractivity contribution in [3.05, 3.63) is 29.3 Å². The van der Waals surface area contributed by atoms with E-state index in [2.05, 4.69) is 10.6 Å². The zero-order valence-electron chi connectivity index (χ0n) is 15.6. The van der Waals surface area contributed by atoms with E-state index in [4.69, 9.17) is 4.74 Å². The first-order chi connectivity index (χ1) is 11.8. The molecule has 25 heavy (non-hydrogen) atoms. The summed E-state index contributed by atoms with van der Waals surface area (Å²) in [6.45, 7) is 10.5. The number of hydrogen-bond acceptors (Lipinski definition) is 4. The van der Waals surface area contributed by atoms with Gasteiger partial charge < -0.3 is 20.3 Å². The third-order valence-electron chi connectivity index (χ3n) is 4.66. The fraction of sp³-hybridized carbons (Fsp3) is 0.579. The Balaban J connectivity index is 2.02. The molecule has 0 atom stereocenters. The third kappa shape index (κ3) is 5.19. The quantitative estimate of drug-likeness (QED) is 0.827. The topological polar surface area (TPSA) is 70.7 Å². The highest BCUT2D eigenvalue weighted by molar-refractivity contribution is 5.97. The lowest BCUT2D eigenvalue weighted by molar-refractivity contribution is -0.121. The molecule has 1 saturated heterocycles. The van der Waals surface area contributed by atoms with E-state index in [0.29, 0.717) is 31.9 Å². The van der Waals surface area contributed by atoms with Crippen LogP contribution in [-0.2, 0) is 9.53 Å². The van der Waals surface area contributed by atoms with Crippen LogP contribution in [0.5, 0.6) is 0 Å². The van der Waals surface area contributed by atoms with Gasteiger partial charge in [0.15, 0.2) is 0 Å². The van der Waals surface area contributed by atoms with Crippen LogP contribution in [0.4, 0.5) is 5.69 Å². The highest BCUT2D eigenvalue weighted by Gasteiger charge is 2.21. The molecule has 138 valence electrons. The molecule has 0 bridgehead atoms. The van der Waals surface area contributed by atoms with Crippen LogP contribution in [0.15, 0.2) is 18.2 Å². The van der Waals surface area contributed by atoms with Gasteiger partial charge in [0, 0.05) is 29.9 Å². The molecule has 0 saturated carbocycles. The molecule has 1 aromatic rings. The van der Waals surface area contributed by atoms with Crippen molar-refractivity contribution in [1.82, 2.24) is 10.2 Å². The predicted molar refractivity (Wildman–Crippen MR) is 98.9 cm³/mol. The second-order valence-electron chi connectivity index (χ2n) is 7.02. The van der Waals surface area contributed by atoms with Crippen molar-refractivity contribution in [1.29, 1.82) is 0 Å². The molecule has 1 aliphatic rings. The summed E-state index contributed by atoms with van der Waals surface area (Å²) < 4.78 is 5.30. The summed E-state index contributed by atoms with van der Waals surface area (Å²) in [5.74, 6) is -0.0443. The third-order valence-corrected chi connectivity index (χ3v) is 4.66. The number of carbonyl (C=O) groups excluding carboxylic acids is 2. The Kier molecular flexibility index (Phi) is 6.42. The van der Waals surface area contributed by atoms with Gasteiger partial charge in [-0.3, -0.25) is 9.59 Å². The maximum atomic E-state index is 12.7. The first kappa shape index (κ1) is 19.2. The van der Waals surface area contributed by atoms with Gasteiger partial charge in [0.25, 0.3) is 5.91 Å². The molecule has 1 heterocycles. The molecule has 2 amide bonds. The molecule has 6 nitrogen and oxygen atoms in total. The number of morpholine rings is 1. The van der Waals surface area contributed by atoms with Crippen molar-refractivity contribution in [2.45, 2.75) is 39.7 Å². The minimum Gasteiger partial charge on any atom is -0.378 e. The number of hydrogen-bond donors (Lipinski definition) is 2. The summed E-state index contributed by atoms with van der Waals surface area (Å²) in [4.78, 5) is 26.6. The molecule has 6 heteroatoms. The van der Waals surface area contributed by atoms with Gasteiger partial charge in [0.1, 0.15) is 0 Å². The Morgan fingerprint density at radius 3 is 2.56 bits per heavy atom. The van der Waals surface area contributed by atoms with Crippen molar-refractivity contribution in [3.8, 4) is 0 Å². The fourth-order valence-corrected chi connectivity index (χ4v) is 2.68. The maximum Gasteiger partial charge on any atom is 0.254 e. The number of amides is 2. The number of benzene rings is 1. The summed E-state index contributed by atoms with van der Waals surface area (Å²) in [5, 5.41) is 6.14. The number of rotatable bonds is 6. The number of carbonyl (C=O) groups is 2. The lowest BCUT2D eigenvalue weighted by atomic mass is 10.0. The van der Waals surface area contributed by atoms with E-state index in [0.717, 1.165) is 17.7 Å². The van der Waals surface area contributed by atoms with Crippen LogP contribution < -0.4 is 10.6 Å². The molecule has 0 radical (unpaired) electrons. The van der Waals surface area contributed by atoms with Gasteiger partial charge >= 0.3 is 0 Å². The van der Waals surface area contributed by atoms with E-state index in [9.17, 15) is 9.59 Å². The Morgan fingerprint density at radius 2 is 1.92 bits per heavy atom. The average Bonchev–Trinajstić information content (AvgIpc) is 2.60. The normalized spacial score (nSPS) is 15.0. The molecular weight excluding hydrogens is 318 g/mol. The molecular formula is C19H29N3O3. The summed E-state index contributed by atoms with van der Waals surface area (Å²) in [6, 6.07) is 5.57. The number of ether oxygens (including phenoxy) is 1. The lowest BCUT2D eigenvalue weighted by Gasteiger charge is -2.28. The average molecular weight is 347 g/mol. The van der Waals surface area contributed by atoms with Crippen molar-refractivity contribution < 1.29 is 14.3 Å². The Hall–Kier alpha value is -2.08. The minimum absolute atomic E-state index is 0.0148. The first-order valence-electron chi connectivity index (χ1n) is 8.85. The van der Waals surface area contributed by atoms with E-state index >= 15 is 0 Å². The van der Waals surface area contributed by atoms with Crippen LogP contribution in [0.1, 0.15) is 43.1 Å². The minimum atomic E-state index is -0.220. The summed E-state index contributed by atoms with van der Waals surface area (Å²) in [5.41, 5.74) is 2.12. The van der Waals surface area contributed by atoms with Crippen LogP contribution in [-0.4, -0.2) is 55.1 Å². The van der Waals surface area contributed by atoms with Gasteiger partial charge in [-0.25, -0.2) is 0 Å². The van der Waals surface area contributed by atoms with Crippen molar-refractivity contribution in [2.75, 3.05) is 38.2 Å². The Bertz CT molecular complexity index is 622. The zero-order chi connectivity index (χ0) is 18.4. The Labute approximate surface area is 149 Å². The monoisotopic (exact) mass is 347 g/mol. The maximum absolute atomic E-state index is 12.7. The molecule has 0 aliphatic carbocycles. The van der Waals surface area contributed by atoms with Gasteiger partial charge in [-0.15, -0.1) is 0 Å². The summed E-state index contributed by atoms with van der Waals surface area (Å²) >= 11 is 0. The zero-order valence-corrected chi connectivity index (χ0v) is 15.6. The van der Waals surface area contributed by atoms with Crippen molar-refractivity contribution >= 4 is 17.5 Å². The molecule has 2 N–H and O–H groups in total. The first-order valence-corrected chi connectivity index (χ1v) is 8.85. The van der Waals surface area contributed by atoms with E-state index in [-0.39, 0.29) is 23.9 Å². The standard InChI is InChI=1S/C19H29N3O3/c1-5-19(3,4)21-17(23)13-20-16-8-6-7-15(14(16)2)18(24)22-9-11-25-12-10-22/h6-8,20H,5,9-13H2,1-4H3,(H,21,23). The molecule has 1 fully saturated rings. The number of nitrogens with zero attached hydrogens (tertiary/aromatic N) is 1. The van der Waals surface area contributed by atoms with Crippen molar-refractivity contribution in [3.63, 3.8) is 0 Å². The van der Waals surface area contributed by atoms with Crippen LogP contribution in [0, 0.1) is 6.92 Å². The summed E-state index contributed by atoms with van der Waals surface area (Å²) in [6.07, 6.45) is 0.862. The van der Waals surface area contributed by atoms with E-state index < -0.39 is 0 Å². The van der Waals surface area contributed by atoms with Crippen LogP contribution in [0.2, 0.25) is 0 Å².